The minimum absolute atomic E-state index is 0.0468. The average Bonchev–Trinajstić information content (AvgIpc) is 2.82. The van der Waals surface area contributed by atoms with Crippen LogP contribution in [0.1, 0.15) is 112 Å². The molecule has 2 N–H and O–H groups in total. The lowest BCUT2D eigenvalue weighted by molar-refractivity contribution is 0.103. The first-order chi connectivity index (χ1) is 16.1. The van der Waals surface area contributed by atoms with Crippen molar-refractivity contribution in [2.75, 3.05) is 7.11 Å². The van der Waals surface area contributed by atoms with E-state index in [2.05, 4.69) is 6.92 Å². The van der Waals surface area contributed by atoms with Crippen LogP contribution in [0.15, 0.2) is 36.4 Å². The predicted molar refractivity (Wildman–Crippen MR) is 136 cm³/mol. The molecule has 0 aliphatic carbocycles. The normalized spacial score (nSPS) is 11.0. The highest BCUT2D eigenvalue weighted by atomic mass is 16.5. The Morgan fingerprint density at radius 2 is 1.33 bits per heavy atom. The predicted octanol–water partition coefficient (Wildman–Crippen LogP) is 7.97. The number of aryl methyl sites for hydroxylation is 1. The lowest BCUT2D eigenvalue weighted by Crippen LogP contribution is -2.07. The molecule has 0 fully saturated rings. The van der Waals surface area contributed by atoms with E-state index in [9.17, 15) is 15.0 Å². The number of carbonyl (C=O) groups is 1. The van der Waals surface area contributed by atoms with E-state index in [-0.39, 0.29) is 28.4 Å². The zero-order valence-corrected chi connectivity index (χ0v) is 20.6. The van der Waals surface area contributed by atoms with Gasteiger partial charge in [-0.3, -0.25) is 4.79 Å². The molecule has 0 heterocycles. The molecular weight excluding hydrogens is 412 g/mol. The van der Waals surface area contributed by atoms with Crippen LogP contribution in [0.3, 0.4) is 0 Å². The van der Waals surface area contributed by atoms with Crippen molar-refractivity contribution in [1.29, 1.82) is 0 Å². The first-order valence-electron chi connectivity index (χ1n) is 12.8. The molecule has 33 heavy (non-hydrogen) atoms. The number of unbranched alkanes of at least 4 members (excludes halogenated alkanes) is 12. The summed E-state index contributed by atoms with van der Waals surface area (Å²) in [5, 5.41) is 20.6. The van der Waals surface area contributed by atoms with Crippen LogP contribution >= 0.6 is 0 Å². The molecule has 4 heteroatoms. The van der Waals surface area contributed by atoms with Gasteiger partial charge < -0.3 is 14.9 Å². The Balaban J connectivity index is 1.76. The van der Waals surface area contributed by atoms with Gasteiger partial charge in [0.25, 0.3) is 0 Å². The summed E-state index contributed by atoms with van der Waals surface area (Å²) < 4.78 is 5.18. The maximum atomic E-state index is 13.1. The molecule has 2 aromatic rings. The summed E-state index contributed by atoms with van der Waals surface area (Å²) in [7, 11) is 1.51. The Hall–Kier alpha value is -2.49. The van der Waals surface area contributed by atoms with Crippen LogP contribution < -0.4 is 4.74 Å². The minimum atomic E-state index is -0.380. The summed E-state index contributed by atoms with van der Waals surface area (Å²) in [6.45, 7) is 2.26. The second kappa shape index (κ2) is 15.4. The third-order valence-electron chi connectivity index (χ3n) is 6.35. The highest BCUT2D eigenvalue weighted by Crippen LogP contribution is 2.31. The molecule has 4 nitrogen and oxygen atoms in total. The Kier molecular flexibility index (Phi) is 12.5. The Labute approximate surface area is 200 Å². The monoisotopic (exact) mass is 454 g/mol. The van der Waals surface area contributed by atoms with E-state index in [4.69, 9.17) is 4.74 Å². The molecule has 0 atom stereocenters. The molecule has 182 valence electrons. The van der Waals surface area contributed by atoms with Crippen molar-refractivity contribution in [3.05, 3.63) is 53.1 Å². The maximum absolute atomic E-state index is 13.1. The molecule has 0 unspecified atom stereocenters. The zero-order valence-electron chi connectivity index (χ0n) is 20.6. The van der Waals surface area contributed by atoms with Crippen molar-refractivity contribution >= 4 is 5.78 Å². The molecule has 0 radical (unpaired) electrons. The summed E-state index contributed by atoms with van der Waals surface area (Å²) >= 11 is 0. The Morgan fingerprint density at radius 1 is 0.758 bits per heavy atom. The number of aromatic hydroxyl groups is 2. The third kappa shape index (κ3) is 9.11. The van der Waals surface area contributed by atoms with E-state index in [1.165, 1.54) is 95.9 Å². The summed E-state index contributed by atoms with van der Waals surface area (Å²) in [5.74, 6) is -0.0517. The fourth-order valence-corrected chi connectivity index (χ4v) is 4.35. The van der Waals surface area contributed by atoms with Crippen molar-refractivity contribution < 1.29 is 19.7 Å². The maximum Gasteiger partial charge on any atom is 0.200 e. The second-order valence-corrected chi connectivity index (χ2v) is 9.02. The number of hydrogen-bond donors (Lipinski definition) is 2. The molecular formula is C29H42O4. The number of ketones is 1. The van der Waals surface area contributed by atoms with Gasteiger partial charge in [-0.2, -0.15) is 0 Å². The van der Waals surface area contributed by atoms with Crippen LogP contribution in [0.25, 0.3) is 0 Å². The van der Waals surface area contributed by atoms with Crippen molar-refractivity contribution in [2.45, 2.75) is 96.8 Å². The van der Waals surface area contributed by atoms with Crippen LogP contribution in [-0.2, 0) is 6.42 Å². The van der Waals surface area contributed by atoms with Gasteiger partial charge in [0.2, 0.25) is 5.78 Å². The average molecular weight is 455 g/mol. The summed E-state index contributed by atoms with van der Waals surface area (Å²) in [6.07, 6.45) is 17.5. The van der Waals surface area contributed by atoms with E-state index in [1.807, 2.05) is 6.07 Å². The third-order valence-corrected chi connectivity index (χ3v) is 6.35. The molecule has 0 saturated heterocycles. The fraction of sp³-hybridized carbons (Fsp3) is 0.552. The topological polar surface area (TPSA) is 66.8 Å². The summed E-state index contributed by atoms with van der Waals surface area (Å²) in [5.41, 5.74) is 1.24. The van der Waals surface area contributed by atoms with Gasteiger partial charge in [0.15, 0.2) is 0 Å². The van der Waals surface area contributed by atoms with Gasteiger partial charge >= 0.3 is 0 Å². The van der Waals surface area contributed by atoms with E-state index in [1.54, 1.807) is 12.1 Å². The SMILES string of the molecule is CCCCCCCCCCCCCCCc1cccc(O)c1C(=O)c1cc(OC)ccc1O. The van der Waals surface area contributed by atoms with Crippen LogP contribution in [0, 0.1) is 0 Å². The molecule has 0 aliphatic heterocycles. The number of ether oxygens (including phenoxy) is 1. The van der Waals surface area contributed by atoms with Gasteiger partial charge in [0, 0.05) is 0 Å². The number of carbonyl (C=O) groups excluding carboxylic acids is 1. The van der Waals surface area contributed by atoms with E-state index in [0.29, 0.717) is 5.75 Å². The number of hydrogen-bond acceptors (Lipinski definition) is 4. The van der Waals surface area contributed by atoms with Crippen molar-refractivity contribution in [1.82, 2.24) is 0 Å². The minimum Gasteiger partial charge on any atom is -0.507 e. The highest BCUT2D eigenvalue weighted by molar-refractivity contribution is 6.13. The van der Waals surface area contributed by atoms with Gasteiger partial charge in [-0.1, -0.05) is 96.1 Å². The van der Waals surface area contributed by atoms with Gasteiger partial charge in [-0.25, -0.2) is 0 Å². The largest absolute Gasteiger partial charge is 0.507 e. The van der Waals surface area contributed by atoms with Crippen molar-refractivity contribution in [3.63, 3.8) is 0 Å². The molecule has 0 aliphatic rings. The van der Waals surface area contributed by atoms with Crippen molar-refractivity contribution in [3.8, 4) is 17.2 Å². The summed E-state index contributed by atoms with van der Waals surface area (Å²) in [4.78, 5) is 13.1. The number of phenolic OH excluding ortho intramolecular Hbond substituents is 2. The highest BCUT2D eigenvalue weighted by Gasteiger charge is 2.21. The van der Waals surface area contributed by atoms with E-state index >= 15 is 0 Å². The smallest absolute Gasteiger partial charge is 0.200 e. The molecule has 0 bridgehead atoms. The number of methoxy groups -OCH3 is 1. The number of rotatable bonds is 17. The van der Waals surface area contributed by atoms with Crippen molar-refractivity contribution in [2.24, 2.45) is 0 Å². The Morgan fingerprint density at radius 3 is 1.91 bits per heavy atom. The van der Waals surface area contributed by atoms with Crippen LogP contribution in [-0.4, -0.2) is 23.1 Å². The van der Waals surface area contributed by atoms with Crippen LogP contribution in [0.4, 0.5) is 0 Å². The molecule has 0 saturated carbocycles. The molecule has 2 rings (SSSR count). The van der Waals surface area contributed by atoms with E-state index < -0.39 is 0 Å². The fourth-order valence-electron chi connectivity index (χ4n) is 4.35. The first-order valence-corrected chi connectivity index (χ1v) is 12.8. The second-order valence-electron chi connectivity index (χ2n) is 9.02. The van der Waals surface area contributed by atoms with Gasteiger partial charge in [0.05, 0.1) is 18.2 Å². The van der Waals surface area contributed by atoms with E-state index in [0.717, 1.165) is 24.8 Å². The standard InChI is InChI=1S/C29H42O4/c1-3-4-5-6-7-8-9-10-11-12-13-14-15-17-23-18-16-19-27(31)28(23)29(32)25-22-24(33-2)20-21-26(25)30/h16,18-22,30-31H,3-15,17H2,1-2H3. The quantitative estimate of drug-likeness (QED) is 0.188. The van der Waals surface area contributed by atoms with Crippen LogP contribution in [0.5, 0.6) is 17.2 Å². The summed E-state index contributed by atoms with van der Waals surface area (Å²) in [6, 6.07) is 9.75. The zero-order chi connectivity index (χ0) is 23.9. The number of benzene rings is 2. The number of phenols is 2. The molecule has 0 aromatic heterocycles. The Bertz CT molecular complexity index is 844. The molecule has 0 amide bonds. The van der Waals surface area contributed by atoms with Crippen LogP contribution in [0.2, 0.25) is 0 Å². The van der Waals surface area contributed by atoms with Gasteiger partial charge in [0.1, 0.15) is 17.2 Å². The van der Waals surface area contributed by atoms with Gasteiger partial charge in [-0.15, -0.1) is 0 Å². The lowest BCUT2D eigenvalue weighted by atomic mass is 9.93. The lowest BCUT2D eigenvalue weighted by Gasteiger charge is -2.12. The first kappa shape index (κ1) is 26.8. The van der Waals surface area contributed by atoms with Gasteiger partial charge in [-0.05, 0) is 42.7 Å². The molecule has 0 spiro atoms. The molecule has 2 aromatic carbocycles.